The highest BCUT2D eigenvalue weighted by molar-refractivity contribution is 6.33. The molecule has 0 bridgehead atoms. The predicted octanol–water partition coefficient (Wildman–Crippen LogP) is 1.05. The van der Waals surface area contributed by atoms with E-state index in [4.69, 9.17) is 33.4 Å². The Hall–Kier alpha value is -1.86. The van der Waals surface area contributed by atoms with E-state index in [2.05, 4.69) is 10.3 Å². The van der Waals surface area contributed by atoms with E-state index >= 15 is 0 Å². The molecule has 0 radical (unpaired) electrons. The van der Waals surface area contributed by atoms with Crippen LogP contribution in [-0.4, -0.2) is 39.1 Å². The number of carboxylic acid groups (broad SMARTS) is 2. The van der Waals surface area contributed by atoms with Gasteiger partial charge in [0.2, 0.25) is 0 Å². The van der Waals surface area contributed by atoms with Crippen LogP contribution in [-0.2, 0) is 9.59 Å². The molecular formula is C10H8Cl2N2O5. The Kier molecular flexibility index (Phi) is 5.08. The minimum absolute atomic E-state index is 0.0124. The number of halogens is 2. The molecule has 0 saturated carbocycles. The molecule has 102 valence electrons. The molecule has 0 aliphatic heterocycles. The second-order valence-electron chi connectivity index (χ2n) is 3.46. The maximum absolute atomic E-state index is 11.7. The zero-order valence-electron chi connectivity index (χ0n) is 9.26. The molecule has 1 atom stereocenters. The maximum Gasteiger partial charge on any atom is 0.326 e. The quantitative estimate of drug-likeness (QED) is 0.700. The van der Waals surface area contributed by atoms with E-state index < -0.39 is 30.3 Å². The average molecular weight is 307 g/mol. The van der Waals surface area contributed by atoms with Crippen LogP contribution < -0.4 is 5.32 Å². The SMILES string of the molecule is O=C(O)C[C@H](NC(=O)c1cc(Cl)nc(Cl)c1)C(=O)O. The van der Waals surface area contributed by atoms with Gasteiger partial charge in [-0.1, -0.05) is 23.2 Å². The number of carbonyl (C=O) groups excluding carboxylic acids is 1. The lowest BCUT2D eigenvalue weighted by molar-refractivity contribution is -0.145. The normalized spacial score (nSPS) is 11.7. The average Bonchev–Trinajstić information content (AvgIpc) is 2.25. The number of amides is 1. The first-order valence-corrected chi connectivity index (χ1v) is 5.63. The number of carboxylic acids is 2. The van der Waals surface area contributed by atoms with Crippen molar-refractivity contribution in [3.8, 4) is 0 Å². The van der Waals surface area contributed by atoms with E-state index in [0.717, 1.165) is 0 Å². The second kappa shape index (κ2) is 6.35. The molecule has 0 spiro atoms. The molecule has 0 saturated heterocycles. The predicted molar refractivity (Wildman–Crippen MR) is 65.4 cm³/mol. The smallest absolute Gasteiger partial charge is 0.326 e. The minimum atomic E-state index is -1.55. The van der Waals surface area contributed by atoms with Crippen molar-refractivity contribution in [1.29, 1.82) is 0 Å². The summed E-state index contributed by atoms with van der Waals surface area (Å²) in [6, 6.07) is 0.820. The van der Waals surface area contributed by atoms with E-state index in [-0.39, 0.29) is 15.9 Å². The van der Waals surface area contributed by atoms with Crippen molar-refractivity contribution in [2.45, 2.75) is 12.5 Å². The first-order valence-electron chi connectivity index (χ1n) is 4.88. The Morgan fingerprint density at radius 1 is 1.21 bits per heavy atom. The van der Waals surface area contributed by atoms with Crippen molar-refractivity contribution in [2.24, 2.45) is 0 Å². The summed E-state index contributed by atoms with van der Waals surface area (Å²) in [4.78, 5) is 36.6. The van der Waals surface area contributed by atoms with Gasteiger partial charge in [-0.05, 0) is 12.1 Å². The zero-order valence-corrected chi connectivity index (χ0v) is 10.8. The lowest BCUT2D eigenvalue weighted by Crippen LogP contribution is -2.42. The molecule has 0 aliphatic carbocycles. The van der Waals surface area contributed by atoms with Crippen LogP contribution in [0.25, 0.3) is 0 Å². The topological polar surface area (TPSA) is 117 Å². The highest BCUT2D eigenvalue weighted by Gasteiger charge is 2.23. The number of aliphatic carboxylic acids is 2. The number of nitrogens with one attached hydrogen (secondary N) is 1. The van der Waals surface area contributed by atoms with Crippen LogP contribution in [0.15, 0.2) is 12.1 Å². The van der Waals surface area contributed by atoms with Gasteiger partial charge in [-0.3, -0.25) is 9.59 Å². The van der Waals surface area contributed by atoms with Gasteiger partial charge in [0.15, 0.2) is 0 Å². The number of rotatable bonds is 5. The van der Waals surface area contributed by atoms with Gasteiger partial charge >= 0.3 is 11.9 Å². The molecule has 3 N–H and O–H groups in total. The standard InChI is InChI=1S/C10H8Cl2N2O5/c11-6-1-4(2-7(12)14-6)9(17)13-5(10(18)19)3-8(15)16/h1-2,5H,3H2,(H,13,17)(H,15,16)(H,18,19)/t5-/m0/s1. The molecule has 1 amide bonds. The van der Waals surface area contributed by atoms with Gasteiger partial charge in [-0.25, -0.2) is 9.78 Å². The fourth-order valence-corrected chi connectivity index (χ4v) is 1.67. The van der Waals surface area contributed by atoms with Crippen LogP contribution in [0.2, 0.25) is 10.3 Å². The van der Waals surface area contributed by atoms with E-state index in [0.29, 0.717) is 0 Å². The molecule has 0 fully saturated rings. The summed E-state index contributed by atoms with van der Waals surface area (Å²) in [5, 5.41) is 19.3. The third-order valence-electron chi connectivity index (χ3n) is 2.01. The van der Waals surface area contributed by atoms with Gasteiger partial charge in [0.25, 0.3) is 5.91 Å². The summed E-state index contributed by atoms with van der Waals surface area (Å²) < 4.78 is 0. The van der Waals surface area contributed by atoms with Crippen molar-refractivity contribution < 1.29 is 24.6 Å². The molecule has 0 unspecified atom stereocenters. The molecular weight excluding hydrogens is 299 g/mol. The van der Waals surface area contributed by atoms with Crippen LogP contribution >= 0.6 is 23.2 Å². The number of pyridine rings is 1. The fourth-order valence-electron chi connectivity index (χ4n) is 1.21. The summed E-state index contributed by atoms with van der Waals surface area (Å²) >= 11 is 11.2. The first-order chi connectivity index (χ1) is 8.79. The molecule has 1 aromatic heterocycles. The Morgan fingerprint density at radius 3 is 2.16 bits per heavy atom. The van der Waals surface area contributed by atoms with E-state index in [1.807, 2.05) is 0 Å². The van der Waals surface area contributed by atoms with E-state index in [1.54, 1.807) is 0 Å². The minimum Gasteiger partial charge on any atom is -0.481 e. The number of nitrogens with zero attached hydrogens (tertiary/aromatic N) is 1. The first kappa shape index (κ1) is 15.2. The number of hydrogen-bond acceptors (Lipinski definition) is 4. The van der Waals surface area contributed by atoms with Gasteiger partial charge in [-0.15, -0.1) is 0 Å². The largest absolute Gasteiger partial charge is 0.481 e. The molecule has 9 heteroatoms. The Morgan fingerprint density at radius 2 is 1.74 bits per heavy atom. The maximum atomic E-state index is 11.7. The van der Waals surface area contributed by atoms with Crippen molar-refractivity contribution in [3.63, 3.8) is 0 Å². The second-order valence-corrected chi connectivity index (χ2v) is 4.24. The third-order valence-corrected chi connectivity index (χ3v) is 2.39. The molecule has 0 aromatic carbocycles. The van der Waals surface area contributed by atoms with Gasteiger partial charge in [-0.2, -0.15) is 0 Å². The highest BCUT2D eigenvalue weighted by atomic mass is 35.5. The van der Waals surface area contributed by atoms with Crippen LogP contribution in [0.4, 0.5) is 0 Å². The summed E-state index contributed by atoms with van der Waals surface area (Å²) in [5.41, 5.74) is -0.0124. The van der Waals surface area contributed by atoms with Gasteiger partial charge in [0.1, 0.15) is 16.3 Å². The highest BCUT2D eigenvalue weighted by Crippen LogP contribution is 2.14. The molecule has 1 rings (SSSR count). The van der Waals surface area contributed by atoms with Crippen molar-refractivity contribution >= 4 is 41.0 Å². The Labute approximate surface area is 117 Å². The molecule has 0 aliphatic rings. The molecule has 7 nitrogen and oxygen atoms in total. The molecule has 1 aromatic rings. The van der Waals surface area contributed by atoms with Gasteiger partial charge in [0, 0.05) is 5.56 Å². The summed E-state index contributed by atoms with van der Waals surface area (Å²) in [6.45, 7) is 0. The summed E-state index contributed by atoms with van der Waals surface area (Å²) in [5.74, 6) is -3.61. The number of carbonyl (C=O) groups is 3. The third kappa shape index (κ3) is 4.72. The van der Waals surface area contributed by atoms with E-state index in [9.17, 15) is 14.4 Å². The van der Waals surface area contributed by atoms with E-state index in [1.165, 1.54) is 12.1 Å². The number of hydrogen-bond donors (Lipinski definition) is 3. The Bertz CT molecular complexity index is 514. The molecule has 1 heterocycles. The summed E-state index contributed by atoms with van der Waals surface area (Å²) in [6.07, 6.45) is -0.742. The Balaban J connectivity index is 2.87. The van der Waals surface area contributed by atoms with Crippen LogP contribution in [0.3, 0.4) is 0 Å². The van der Waals surface area contributed by atoms with Crippen LogP contribution in [0, 0.1) is 0 Å². The number of aromatic nitrogens is 1. The lowest BCUT2D eigenvalue weighted by Gasteiger charge is -2.12. The van der Waals surface area contributed by atoms with Crippen molar-refractivity contribution in [2.75, 3.05) is 0 Å². The van der Waals surface area contributed by atoms with Gasteiger partial charge < -0.3 is 15.5 Å². The zero-order chi connectivity index (χ0) is 14.6. The summed E-state index contributed by atoms with van der Waals surface area (Å²) in [7, 11) is 0. The monoisotopic (exact) mass is 306 g/mol. The van der Waals surface area contributed by atoms with Crippen LogP contribution in [0.5, 0.6) is 0 Å². The lowest BCUT2D eigenvalue weighted by atomic mass is 10.2. The van der Waals surface area contributed by atoms with Gasteiger partial charge in [0.05, 0.1) is 6.42 Å². The fraction of sp³-hybridized carbons (Fsp3) is 0.200. The molecule has 19 heavy (non-hydrogen) atoms. The van der Waals surface area contributed by atoms with Crippen molar-refractivity contribution in [3.05, 3.63) is 28.0 Å². The van der Waals surface area contributed by atoms with Crippen LogP contribution in [0.1, 0.15) is 16.8 Å². The van der Waals surface area contributed by atoms with Crippen molar-refractivity contribution in [1.82, 2.24) is 10.3 Å².